The van der Waals surface area contributed by atoms with Crippen molar-refractivity contribution in [2.75, 3.05) is 50.5 Å². The highest BCUT2D eigenvalue weighted by Gasteiger charge is 2.28. The van der Waals surface area contributed by atoms with Gasteiger partial charge in [-0.2, -0.15) is 0 Å². The highest BCUT2D eigenvalue weighted by atomic mass is 32.1. The number of likely N-dealkylation sites (N-methyl/N-ethyl adjacent to an activating group) is 1. The highest BCUT2D eigenvalue weighted by Crippen LogP contribution is 2.32. The number of nitrogen functional groups attached to an aromatic ring is 1. The first-order valence-electron chi connectivity index (χ1n) is 9.75. The van der Waals surface area contributed by atoms with Crippen LogP contribution in [-0.4, -0.2) is 62.4 Å². The topological polar surface area (TPSA) is 101 Å². The van der Waals surface area contributed by atoms with Crippen LogP contribution in [-0.2, 0) is 4.74 Å². The first kappa shape index (κ1) is 21.9. The monoisotopic (exact) mass is 425 g/mol. The molecule has 8 nitrogen and oxygen atoms in total. The van der Waals surface area contributed by atoms with E-state index in [1.54, 1.807) is 12.4 Å². The second-order valence-electron chi connectivity index (χ2n) is 6.66. The molecule has 2 heterocycles. The van der Waals surface area contributed by atoms with E-state index in [9.17, 15) is 0 Å². The Morgan fingerprint density at radius 2 is 2.13 bits per heavy atom. The summed E-state index contributed by atoms with van der Waals surface area (Å²) in [4.78, 5) is 20.4. The molecule has 0 bridgehead atoms. The molecule has 3 rings (SSSR count). The Labute approximate surface area is 182 Å². The van der Waals surface area contributed by atoms with E-state index in [2.05, 4.69) is 50.6 Å². The van der Waals surface area contributed by atoms with Crippen LogP contribution in [0.2, 0.25) is 0 Å². The smallest absolute Gasteiger partial charge is 0.219 e. The number of nitrogens with two attached hydrogens (primary N) is 1. The molecule has 158 valence electrons. The van der Waals surface area contributed by atoms with Crippen LogP contribution < -0.4 is 16.0 Å². The highest BCUT2D eigenvalue weighted by molar-refractivity contribution is 7.80. The van der Waals surface area contributed by atoms with Crippen LogP contribution in [0, 0.1) is 0 Å². The third-order valence-corrected chi connectivity index (χ3v) is 4.91. The first-order chi connectivity index (χ1) is 14.6. The Bertz CT molecular complexity index is 927. The summed E-state index contributed by atoms with van der Waals surface area (Å²) in [5, 5.41) is 3.06. The normalized spacial score (nSPS) is 16.9. The molecule has 0 aliphatic carbocycles. The van der Waals surface area contributed by atoms with Gasteiger partial charge in [-0.1, -0.05) is 6.07 Å². The molecule has 3 N–H and O–H groups in total. The van der Waals surface area contributed by atoms with E-state index in [1.165, 1.54) is 0 Å². The third kappa shape index (κ3) is 5.44. The lowest BCUT2D eigenvalue weighted by atomic mass is 10.1. The molecule has 1 aromatic carbocycles. The molecule has 1 aliphatic rings. The fraction of sp³-hybridized carbons (Fsp3) is 0.333. The van der Waals surface area contributed by atoms with Crippen molar-refractivity contribution in [3.8, 4) is 0 Å². The van der Waals surface area contributed by atoms with E-state index in [0.29, 0.717) is 19.8 Å². The zero-order chi connectivity index (χ0) is 21.3. The molecule has 0 saturated carbocycles. The second kappa shape index (κ2) is 10.9. The van der Waals surface area contributed by atoms with E-state index >= 15 is 0 Å². The molecule has 0 atom stereocenters. The number of nitrogens with zero attached hydrogens (tertiary/aromatic N) is 5. The summed E-state index contributed by atoms with van der Waals surface area (Å²) in [7, 11) is 1.90. The molecule has 9 heteroatoms. The quantitative estimate of drug-likeness (QED) is 0.324. The molecular weight excluding hydrogens is 398 g/mol. The number of ether oxygens (including phenoxy) is 1. The number of benzene rings is 1. The summed E-state index contributed by atoms with van der Waals surface area (Å²) >= 11 is 4.48. The number of hydrogen-bond acceptors (Lipinski definition) is 8. The second-order valence-corrected chi connectivity index (χ2v) is 7.17. The van der Waals surface area contributed by atoms with Crippen molar-refractivity contribution >= 4 is 42.5 Å². The lowest BCUT2D eigenvalue weighted by Gasteiger charge is -2.20. The van der Waals surface area contributed by atoms with E-state index in [0.717, 1.165) is 52.8 Å². The maximum absolute atomic E-state index is 5.63. The average Bonchev–Trinajstić information content (AvgIpc) is 3.16. The molecule has 0 unspecified atom stereocenters. The van der Waals surface area contributed by atoms with Crippen molar-refractivity contribution in [3.63, 3.8) is 0 Å². The summed E-state index contributed by atoms with van der Waals surface area (Å²) in [6.07, 6.45) is 4.10. The Kier molecular flexibility index (Phi) is 7.95. The van der Waals surface area contributed by atoms with Gasteiger partial charge in [0.2, 0.25) is 5.95 Å². The van der Waals surface area contributed by atoms with Gasteiger partial charge in [-0.05, 0) is 38.4 Å². The van der Waals surface area contributed by atoms with Gasteiger partial charge >= 0.3 is 0 Å². The van der Waals surface area contributed by atoms with Gasteiger partial charge in [0.15, 0.2) is 0 Å². The predicted octanol–water partition coefficient (Wildman–Crippen LogP) is 2.30. The molecule has 1 saturated heterocycles. The number of amidine groups is 1. The zero-order valence-electron chi connectivity index (χ0n) is 17.1. The van der Waals surface area contributed by atoms with Crippen LogP contribution in [0.25, 0.3) is 5.70 Å². The Balaban J connectivity index is 1.94. The van der Waals surface area contributed by atoms with Gasteiger partial charge in [0, 0.05) is 47.2 Å². The van der Waals surface area contributed by atoms with Crippen molar-refractivity contribution in [2.24, 2.45) is 9.98 Å². The number of hydrogen-bond donors (Lipinski definition) is 3. The number of aliphatic imine (C=N–C) groups is 2. The van der Waals surface area contributed by atoms with Gasteiger partial charge in [-0.15, -0.1) is 12.6 Å². The van der Waals surface area contributed by atoms with Crippen molar-refractivity contribution < 1.29 is 4.74 Å². The van der Waals surface area contributed by atoms with E-state index in [1.807, 2.05) is 25.2 Å². The molecule has 1 aliphatic heterocycles. The number of aromatic nitrogens is 2. The molecule has 0 spiro atoms. The molecule has 2 aromatic rings. The van der Waals surface area contributed by atoms with Gasteiger partial charge in [0.1, 0.15) is 5.84 Å². The minimum absolute atomic E-state index is 0.221. The van der Waals surface area contributed by atoms with Crippen LogP contribution in [0.5, 0.6) is 0 Å². The molecule has 1 aromatic heterocycles. The molecule has 0 radical (unpaired) electrons. The van der Waals surface area contributed by atoms with Crippen LogP contribution in [0.1, 0.15) is 12.0 Å². The summed E-state index contributed by atoms with van der Waals surface area (Å²) in [5.74, 6) is 1.07. The van der Waals surface area contributed by atoms with Gasteiger partial charge in [0.25, 0.3) is 0 Å². The summed E-state index contributed by atoms with van der Waals surface area (Å²) in [5.41, 5.74) is 9.14. The zero-order valence-corrected chi connectivity index (χ0v) is 18.0. The number of nitrogens with one attached hydrogen (secondary N) is 1. The Morgan fingerprint density at radius 1 is 1.33 bits per heavy atom. The van der Waals surface area contributed by atoms with Crippen molar-refractivity contribution in [1.82, 2.24) is 15.3 Å². The van der Waals surface area contributed by atoms with Crippen LogP contribution in [0.4, 0.5) is 11.6 Å². The van der Waals surface area contributed by atoms with Gasteiger partial charge in [-0.25, -0.2) is 9.97 Å². The van der Waals surface area contributed by atoms with E-state index in [4.69, 9.17) is 15.5 Å². The summed E-state index contributed by atoms with van der Waals surface area (Å²) in [6, 6.07) is 8.01. The fourth-order valence-electron chi connectivity index (χ4n) is 3.24. The third-order valence-electron chi connectivity index (χ3n) is 4.64. The van der Waals surface area contributed by atoms with E-state index in [-0.39, 0.29) is 5.95 Å². The van der Waals surface area contributed by atoms with Gasteiger partial charge in [0.05, 0.1) is 25.5 Å². The van der Waals surface area contributed by atoms with Gasteiger partial charge in [-0.3, -0.25) is 9.98 Å². The lowest BCUT2D eigenvalue weighted by molar-refractivity contribution is 0.145. The van der Waals surface area contributed by atoms with Crippen molar-refractivity contribution in [2.45, 2.75) is 11.3 Å². The molecular formula is C21H27N7OS. The minimum atomic E-state index is 0.221. The Hall–Kier alpha value is -2.75. The minimum Gasteiger partial charge on any atom is -0.378 e. The fourth-order valence-corrected chi connectivity index (χ4v) is 3.45. The largest absolute Gasteiger partial charge is 0.378 e. The first-order valence-corrected chi connectivity index (χ1v) is 10.2. The lowest BCUT2D eigenvalue weighted by Crippen LogP contribution is -2.26. The molecule has 30 heavy (non-hydrogen) atoms. The number of rotatable bonds is 9. The SMILES string of the molecule is C=N/C(=C1/CCN(c2cccc(S)c2)/C1=N/CCOCCNC)c1cnc(N)nc1. The summed E-state index contributed by atoms with van der Waals surface area (Å²) in [6.45, 7) is 7.09. The molecule has 1 fully saturated rings. The van der Waals surface area contributed by atoms with Crippen molar-refractivity contribution in [1.29, 1.82) is 0 Å². The van der Waals surface area contributed by atoms with E-state index < -0.39 is 0 Å². The maximum Gasteiger partial charge on any atom is 0.219 e. The predicted molar refractivity (Wildman–Crippen MR) is 126 cm³/mol. The Morgan fingerprint density at radius 3 is 2.83 bits per heavy atom. The molecule has 0 amide bonds. The van der Waals surface area contributed by atoms with Crippen LogP contribution in [0.3, 0.4) is 0 Å². The summed E-state index contributed by atoms with van der Waals surface area (Å²) < 4.78 is 5.63. The number of anilines is 2. The van der Waals surface area contributed by atoms with Crippen molar-refractivity contribution in [3.05, 3.63) is 47.8 Å². The maximum atomic E-state index is 5.63. The van der Waals surface area contributed by atoms with Gasteiger partial charge < -0.3 is 20.7 Å². The average molecular weight is 426 g/mol. The number of thiol groups is 1. The van der Waals surface area contributed by atoms with Crippen LogP contribution in [0.15, 0.2) is 57.1 Å². The van der Waals surface area contributed by atoms with Crippen LogP contribution >= 0.6 is 12.6 Å². The standard InChI is InChI=1S/C21H27N7OS/c1-23-7-10-29-11-8-25-20-18(19(24-2)15-13-26-21(22)27-14-15)6-9-28(20)16-4-3-5-17(30)12-16/h3-5,12-14,23,30H,2,6-11H2,1H3,(H2,22,26,27)/b19-18-,25-20+.